The molecule has 0 radical (unpaired) electrons. The molecule has 0 aliphatic carbocycles. The lowest BCUT2D eigenvalue weighted by molar-refractivity contribution is 0.834. The van der Waals surface area contributed by atoms with Gasteiger partial charge in [0, 0.05) is 5.39 Å². The minimum absolute atomic E-state index is 0.225. The van der Waals surface area contributed by atoms with E-state index in [1.54, 1.807) is 0 Å². The molecule has 0 fully saturated rings. The summed E-state index contributed by atoms with van der Waals surface area (Å²) in [6.07, 6.45) is 0. The van der Waals surface area contributed by atoms with Gasteiger partial charge in [0.1, 0.15) is 5.52 Å². The Morgan fingerprint density at radius 3 is 2.93 bits per heavy atom. The topological polar surface area (TPSA) is 66.0 Å². The maximum absolute atomic E-state index is 11.6. The van der Waals surface area contributed by atoms with Crippen LogP contribution in [0.1, 0.15) is 0 Å². The number of nitrogens with zero attached hydrogens (tertiary/aromatic N) is 2. The molecule has 2 N–H and O–H groups in total. The SMILES string of the molecule is O=c1[nH][nH]c(=S)n2nc3ccccc3c12. The molecule has 74 valence electrons. The van der Waals surface area contributed by atoms with Crippen LogP contribution in [0.15, 0.2) is 29.1 Å². The monoisotopic (exact) mass is 218 g/mol. The minimum atomic E-state index is -0.225. The Bertz CT molecular complexity index is 767. The maximum atomic E-state index is 11.6. The highest BCUT2D eigenvalue weighted by molar-refractivity contribution is 7.71. The zero-order chi connectivity index (χ0) is 10.4. The number of H-pyrrole nitrogens is 2. The molecule has 0 bridgehead atoms. The lowest BCUT2D eigenvalue weighted by Gasteiger charge is -1.91. The predicted molar refractivity (Wildman–Crippen MR) is 58.5 cm³/mol. The highest BCUT2D eigenvalue weighted by atomic mass is 32.1. The number of benzene rings is 1. The second kappa shape index (κ2) is 2.77. The second-order valence-corrected chi connectivity index (χ2v) is 3.55. The van der Waals surface area contributed by atoms with E-state index in [-0.39, 0.29) is 5.56 Å². The molecule has 3 aromatic rings. The van der Waals surface area contributed by atoms with Crippen molar-refractivity contribution in [3.63, 3.8) is 0 Å². The van der Waals surface area contributed by atoms with Gasteiger partial charge in [0.2, 0.25) is 4.77 Å². The van der Waals surface area contributed by atoms with Crippen LogP contribution >= 0.6 is 12.2 Å². The molecule has 3 rings (SSSR count). The first kappa shape index (κ1) is 8.37. The number of rotatable bonds is 0. The molecule has 0 saturated carbocycles. The summed E-state index contributed by atoms with van der Waals surface area (Å²) in [5.41, 5.74) is 1.01. The van der Waals surface area contributed by atoms with Gasteiger partial charge in [-0.1, -0.05) is 18.2 Å². The Labute approximate surface area is 88.3 Å². The van der Waals surface area contributed by atoms with E-state index in [0.717, 1.165) is 10.9 Å². The van der Waals surface area contributed by atoms with Crippen molar-refractivity contribution in [2.45, 2.75) is 0 Å². The molecule has 15 heavy (non-hydrogen) atoms. The van der Waals surface area contributed by atoms with E-state index in [1.165, 1.54) is 4.52 Å². The maximum Gasteiger partial charge on any atom is 0.289 e. The average Bonchev–Trinajstić information content (AvgIpc) is 2.64. The molecule has 6 heteroatoms. The molecule has 0 amide bonds. The Morgan fingerprint density at radius 2 is 2.07 bits per heavy atom. The molecule has 0 aliphatic heterocycles. The lowest BCUT2D eigenvalue weighted by Crippen LogP contribution is -2.12. The van der Waals surface area contributed by atoms with Gasteiger partial charge in [-0.05, 0) is 18.3 Å². The summed E-state index contributed by atoms with van der Waals surface area (Å²) in [6, 6.07) is 7.43. The van der Waals surface area contributed by atoms with Crippen molar-refractivity contribution in [1.82, 2.24) is 19.8 Å². The van der Waals surface area contributed by atoms with Gasteiger partial charge >= 0.3 is 0 Å². The van der Waals surface area contributed by atoms with Crippen LogP contribution in [0.5, 0.6) is 0 Å². The first-order valence-electron chi connectivity index (χ1n) is 4.36. The molecule has 0 aliphatic rings. The Kier molecular flexibility index (Phi) is 1.54. The molecular weight excluding hydrogens is 212 g/mol. The van der Waals surface area contributed by atoms with Crippen molar-refractivity contribution in [3.8, 4) is 0 Å². The van der Waals surface area contributed by atoms with Gasteiger partial charge in [0.25, 0.3) is 5.56 Å². The van der Waals surface area contributed by atoms with Crippen LogP contribution < -0.4 is 5.56 Å². The fourth-order valence-corrected chi connectivity index (χ4v) is 1.80. The zero-order valence-corrected chi connectivity index (χ0v) is 8.34. The van der Waals surface area contributed by atoms with E-state index in [2.05, 4.69) is 15.3 Å². The van der Waals surface area contributed by atoms with E-state index < -0.39 is 0 Å². The number of hydrogen-bond donors (Lipinski definition) is 2. The van der Waals surface area contributed by atoms with E-state index in [9.17, 15) is 4.79 Å². The number of fused-ring (bicyclic) bond motifs is 3. The molecule has 0 spiro atoms. The lowest BCUT2D eigenvalue weighted by atomic mass is 10.2. The first-order chi connectivity index (χ1) is 7.27. The van der Waals surface area contributed by atoms with E-state index in [0.29, 0.717) is 10.3 Å². The van der Waals surface area contributed by atoms with Crippen LogP contribution in [0.2, 0.25) is 0 Å². The van der Waals surface area contributed by atoms with Crippen molar-refractivity contribution in [2.75, 3.05) is 0 Å². The summed E-state index contributed by atoms with van der Waals surface area (Å²) in [5.74, 6) is 0. The minimum Gasteiger partial charge on any atom is -0.272 e. The third-order valence-electron chi connectivity index (χ3n) is 2.27. The third kappa shape index (κ3) is 1.05. The second-order valence-electron chi connectivity index (χ2n) is 3.16. The van der Waals surface area contributed by atoms with Gasteiger partial charge in [-0.2, -0.15) is 9.61 Å². The van der Waals surface area contributed by atoms with Gasteiger partial charge in [-0.25, -0.2) is 0 Å². The Hall–Kier alpha value is -1.95. The summed E-state index contributed by atoms with van der Waals surface area (Å²) < 4.78 is 1.82. The standard InChI is InChI=1S/C9H6N4OS/c14-8-7-5-3-1-2-4-6(5)12-13(7)9(15)11-10-8/h1-4H,(H,10,14)(H,11,15). The summed E-state index contributed by atoms with van der Waals surface area (Å²) in [6.45, 7) is 0. The summed E-state index contributed by atoms with van der Waals surface area (Å²) in [7, 11) is 0. The largest absolute Gasteiger partial charge is 0.289 e. The van der Waals surface area contributed by atoms with Crippen molar-refractivity contribution in [2.24, 2.45) is 0 Å². The van der Waals surface area contributed by atoms with Gasteiger partial charge in [-0.15, -0.1) is 0 Å². The van der Waals surface area contributed by atoms with Crippen LogP contribution in [0, 0.1) is 4.77 Å². The number of hydrogen-bond acceptors (Lipinski definition) is 3. The van der Waals surface area contributed by atoms with Gasteiger partial charge in [-0.3, -0.25) is 15.0 Å². The number of aromatic nitrogens is 4. The fraction of sp³-hybridized carbons (Fsp3) is 0. The first-order valence-corrected chi connectivity index (χ1v) is 4.76. The Balaban J connectivity index is 2.79. The fourth-order valence-electron chi connectivity index (χ4n) is 1.62. The van der Waals surface area contributed by atoms with Crippen molar-refractivity contribution >= 4 is 28.6 Å². The zero-order valence-electron chi connectivity index (χ0n) is 7.52. The highest BCUT2D eigenvalue weighted by Gasteiger charge is 2.07. The summed E-state index contributed by atoms with van der Waals surface area (Å²) >= 11 is 5.03. The van der Waals surface area contributed by atoms with Gasteiger partial charge in [0.05, 0.1) is 5.52 Å². The average molecular weight is 218 g/mol. The quantitative estimate of drug-likeness (QED) is 0.558. The van der Waals surface area contributed by atoms with Crippen LogP contribution in [0.25, 0.3) is 16.4 Å². The van der Waals surface area contributed by atoms with Crippen LogP contribution in [0.4, 0.5) is 0 Å². The van der Waals surface area contributed by atoms with Crippen LogP contribution in [-0.4, -0.2) is 19.8 Å². The third-order valence-corrected chi connectivity index (χ3v) is 2.54. The smallest absolute Gasteiger partial charge is 0.272 e. The van der Waals surface area contributed by atoms with Crippen LogP contribution in [0.3, 0.4) is 0 Å². The van der Waals surface area contributed by atoms with Crippen molar-refractivity contribution in [1.29, 1.82) is 0 Å². The molecular formula is C9H6N4OS. The highest BCUT2D eigenvalue weighted by Crippen LogP contribution is 2.15. The van der Waals surface area contributed by atoms with Crippen LogP contribution in [-0.2, 0) is 0 Å². The van der Waals surface area contributed by atoms with E-state index in [4.69, 9.17) is 12.2 Å². The summed E-state index contributed by atoms with van der Waals surface area (Å²) in [4.78, 5) is 11.6. The molecule has 0 atom stereocenters. The van der Waals surface area contributed by atoms with Gasteiger partial charge < -0.3 is 0 Å². The predicted octanol–water partition coefficient (Wildman–Crippen LogP) is 1.23. The molecule has 2 heterocycles. The number of aromatic amines is 2. The molecule has 0 saturated heterocycles. The van der Waals surface area contributed by atoms with Gasteiger partial charge in [0.15, 0.2) is 0 Å². The molecule has 1 aromatic carbocycles. The van der Waals surface area contributed by atoms with Crippen molar-refractivity contribution < 1.29 is 0 Å². The molecule has 0 unspecified atom stereocenters. The summed E-state index contributed by atoms with van der Waals surface area (Å²) in [5, 5.41) is 10.1. The van der Waals surface area contributed by atoms with Crippen molar-refractivity contribution in [3.05, 3.63) is 39.4 Å². The molecule has 2 aromatic heterocycles. The van der Waals surface area contributed by atoms with E-state index >= 15 is 0 Å². The normalized spacial score (nSPS) is 11.2. The number of nitrogens with one attached hydrogen (secondary N) is 2. The Morgan fingerprint density at radius 1 is 1.27 bits per heavy atom. The molecule has 5 nitrogen and oxygen atoms in total. The van der Waals surface area contributed by atoms with E-state index in [1.807, 2.05) is 24.3 Å².